The van der Waals surface area contributed by atoms with Crippen molar-refractivity contribution in [1.29, 1.82) is 0 Å². The molecule has 6 rings (SSSR count). The standard InChI is InChI=1S/C31H25N5O4/c1-19-27(28(36-31(32-19)33-34-35-36)26-9-5-7-23-6-3-4-8-25(23)26)30(38)40-18-20-10-12-21(13-11-20)22-14-16-24(17-15-22)29(37)39-2/h3-17,28H,18H2,1-2H3,(H,32,33,35). The van der Waals surface area contributed by atoms with Crippen LogP contribution in [0.15, 0.2) is 102 Å². The highest BCUT2D eigenvalue weighted by atomic mass is 16.5. The lowest BCUT2D eigenvalue weighted by molar-refractivity contribution is -0.140. The molecule has 9 nitrogen and oxygen atoms in total. The number of rotatable bonds is 6. The lowest BCUT2D eigenvalue weighted by Gasteiger charge is -2.28. The van der Waals surface area contributed by atoms with Gasteiger partial charge >= 0.3 is 11.9 Å². The summed E-state index contributed by atoms with van der Waals surface area (Å²) in [5.74, 6) is -0.366. The monoisotopic (exact) mass is 531 g/mol. The minimum absolute atomic E-state index is 0.0991. The van der Waals surface area contributed by atoms with Crippen LogP contribution >= 0.6 is 0 Å². The van der Waals surface area contributed by atoms with Gasteiger partial charge in [0.25, 0.3) is 0 Å². The van der Waals surface area contributed by atoms with Crippen LogP contribution in [0.5, 0.6) is 0 Å². The van der Waals surface area contributed by atoms with Gasteiger partial charge in [0, 0.05) is 5.70 Å². The number of benzene rings is 4. The number of hydrogen-bond donors (Lipinski definition) is 1. The second-order valence-electron chi connectivity index (χ2n) is 9.42. The van der Waals surface area contributed by atoms with Gasteiger partial charge in [-0.05, 0) is 62.5 Å². The third kappa shape index (κ3) is 4.58. The first kappa shape index (κ1) is 25.0. The Morgan fingerprint density at radius 1 is 0.875 bits per heavy atom. The van der Waals surface area contributed by atoms with Crippen molar-refractivity contribution in [3.05, 3.63) is 119 Å². The van der Waals surface area contributed by atoms with E-state index in [-0.39, 0.29) is 12.6 Å². The predicted molar refractivity (Wildman–Crippen MR) is 149 cm³/mol. The van der Waals surface area contributed by atoms with Crippen LogP contribution in [0, 0.1) is 0 Å². The van der Waals surface area contributed by atoms with Crippen LogP contribution < -0.4 is 5.32 Å². The van der Waals surface area contributed by atoms with E-state index < -0.39 is 12.0 Å². The Kier molecular flexibility index (Phi) is 6.53. The molecular weight excluding hydrogens is 506 g/mol. The third-order valence-electron chi connectivity index (χ3n) is 7.02. The normalized spacial score (nSPS) is 14.4. The Balaban J connectivity index is 1.23. The Bertz CT molecular complexity index is 1750. The summed E-state index contributed by atoms with van der Waals surface area (Å²) >= 11 is 0. The molecule has 40 heavy (non-hydrogen) atoms. The smallest absolute Gasteiger partial charge is 0.338 e. The van der Waals surface area contributed by atoms with Gasteiger partial charge in [-0.1, -0.05) is 84.0 Å². The molecule has 1 aliphatic rings. The number of fused-ring (bicyclic) bond motifs is 2. The lowest BCUT2D eigenvalue weighted by Crippen LogP contribution is -2.29. The highest BCUT2D eigenvalue weighted by Gasteiger charge is 2.35. The summed E-state index contributed by atoms with van der Waals surface area (Å²) < 4.78 is 12.2. The van der Waals surface area contributed by atoms with Crippen molar-refractivity contribution in [2.75, 3.05) is 12.4 Å². The topological polar surface area (TPSA) is 108 Å². The number of esters is 2. The van der Waals surface area contributed by atoms with Crippen molar-refractivity contribution in [2.24, 2.45) is 0 Å². The van der Waals surface area contributed by atoms with E-state index in [9.17, 15) is 9.59 Å². The molecule has 0 spiro atoms. The minimum Gasteiger partial charge on any atom is -0.465 e. The quantitative estimate of drug-likeness (QED) is 0.294. The van der Waals surface area contributed by atoms with Crippen molar-refractivity contribution >= 4 is 28.7 Å². The minimum atomic E-state index is -0.555. The average Bonchev–Trinajstić information content (AvgIpc) is 3.47. The van der Waals surface area contributed by atoms with Crippen molar-refractivity contribution in [2.45, 2.75) is 19.6 Å². The molecule has 198 valence electrons. The Morgan fingerprint density at radius 2 is 1.57 bits per heavy atom. The second kappa shape index (κ2) is 10.5. The fourth-order valence-corrected chi connectivity index (χ4v) is 4.99. The zero-order valence-corrected chi connectivity index (χ0v) is 21.9. The van der Waals surface area contributed by atoms with Crippen molar-refractivity contribution < 1.29 is 19.1 Å². The first-order valence-corrected chi connectivity index (χ1v) is 12.7. The number of allylic oxidation sites excluding steroid dienone is 1. The van der Waals surface area contributed by atoms with E-state index in [4.69, 9.17) is 9.47 Å². The van der Waals surface area contributed by atoms with Crippen molar-refractivity contribution in [3.8, 4) is 11.1 Å². The summed E-state index contributed by atoms with van der Waals surface area (Å²) in [6.45, 7) is 1.93. The molecule has 0 amide bonds. The molecule has 5 aromatic rings. The fourth-order valence-electron chi connectivity index (χ4n) is 4.99. The number of nitrogens with zero attached hydrogens (tertiary/aromatic N) is 4. The maximum absolute atomic E-state index is 13.6. The molecular formula is C31H25N5O4. The van der Waals surface area contributed by atoms with E-state index in [1.807, 2.05) is 85.8 Å². The molecule has 0 radical (unpaired) electrons. The fraction of sp³-hybridized carbons (Fsp3) is 0.129. The Hall–Kier alpha value is -5.31. The van der Waals surface area contributed by atoms with Crippen LogP contribution in [0.4, 0.5) is 5.95 Å². The molecule has 1 unspecified atom stereocenters. The number of nitrogens with one attached hydrogen (secondary N) is 1. The van der Waals surface area contributed by atoms with Crippen LogP contribution in [-0.2, 0) is 20.9 Å². The van der Waals surface area contributed by atoms with Gasteiger partial charge in [-0.15, -0.1) is 0 Å². The molecule has 4 aromatic carbocycles. The van der Waals surface area contributed by atoms with E-state index in [2.05, 4.69) is 20.8 Å². The second-order valence-corrected chi connectivity index (χ2v) is 9.42. The number of tetrazole rings is 1. The van der Waals surface area contributed by atoms with E-state index >= 15 is 0 Å². The summed E-state index contributed by atoms with van der Waals surface area (Å²) in [7, 11) is 1.36. The molecule has 0 fully saturated rings. The number of aromatic nitrogens is 4. The van der Waals surface area contributed by atoms with Crippen molar-refractivity contribution in [3.63, 3.8) is 0 Å². The SMILES string of the molecule is COC(=O)c1ccc(-c2ccc(COC(=O)C3=C(C)Nc4nnnn4C3c3cccc4ccccc34)cc2)cc1. The first-order chi connectivity index (χ1) is 19.5. The molecule has 1 aliphatic heterocycles. The zero-order chi connectivity index (χ0) is 27.6. The van der Waals surface area contributed by atoms with E-state index in [0.717, 1.165) is 33.0 Å². The largest absolute Gasteiger partial charge is 0.465 e. The summed E-state index contributed by atoms with van der Waals surface area (Å²) in [6.07, 6.45) is 0. The van der Waals surface area contributed by atoms with Gasteiger partial charge in [-0.2, -0.15) is 4.68 Å². The number of carbonyl (C=O) groups excluding carboxylic acids is 2. The van der Waals surface area contributed by atoms with E-state index in [1.54, 1.807) is 16.8 Å². The van der Waals surface area contributed by atoms with Gasteiger partial charge < -0.3 is 14.8 Å². The van der Waals surface area contributed by atoms with Gasteiger partial charge in [0.05, 0.1) is 18.2 Å². The molecule has 0 aliphatic carbocycles. The Labute approximate surface area is 230 Å². The maximum atomic E-state index is 13.6. The van der Waals surface area contributed by atoms with E-state index in [0.29, 0.717) is 22.8 Å². The molecule has 9 heteroatoms. The number of methoxy groups -OCH3 is 1. The molecule has 0 saturated heterocycles. The average molecular weight is 532 g/mol. The third-order valence-corrected chi connectivity index (χ3v) is 7.02. The van der Waals surface area contributed by atoms with Crippen LogP contribution in [0.25, 0.3) is 21.9 Å². The maximum Gasteiger partial charge on any atom is 0.338 e. The molecule has 1 N–H and O–H groups in total. The van der Waals surface area contributed by atoms with Gasteiger partial charge in [0.2, 0.25) is 5.95 Å². The Morgan fingerprint density at radius 3 is 2.33 bits per heavy atom. The predicted octanol–water partition coefficient (Wildman–Crippen LogP) is 5.31. The number of hydrogen-bond acceptors (Lipinski definition) is 8. The molecule has 0 saturated carbocycles. The zero-order valence-electron chi connectivity index (χ0n) is 21.9. The summed E-state index contributed by atoms with van der Waals surface area (Å²) in [6, 6.07) is 28.4. The van der Waals surface area contributed by atoms with Crippen LogP contribution in [-0.4, -0.2) is 39.3 Å². The summed E-state index contributed by atoms with van der Waals surface area (Å²) in [5, 5.41) is 17.3. The lowest BCUT2D eigenvalue weighted by atomic mass is 9.91. The van der Waals surface area contributed by atoms with E-state index in [1.165, 1.54) is 7.11 Å². The number of anilines is 1. The molecule has 1 atom stereocenters. The van der Waals surface area contributed by atoms with Gasteiger partial charge in [-0.25, -0.2) is 9.59 Å². The number of ether oxygens (including phenoxy) is 2. The van der Waals surface area contributed by atoms with Gasteiger partial charge in [-0.3, -0.25) is 0 Å². The van der Waals surface area contributed by atoms with Gasteiger partial charge in [0.1, 0.15) is 12.6 Å². The summed E-state index contributed by atoms with van der Waals surface area (Å²) in [5.41, 5.74) is 5.25. The number of carbonyl (C=O) groups is 2. The highest BCUT2D eigenvalue weighted by Crippen LogP contribution is 2.38. The van der Waals surface area contributed by atoms with Crippen LogP contribution in [0.2, 0.25) is 0 Å². The molecule has 2 heterocycles. The molecule has 0 bridgehead atoms. The van der Waals surface area contributed by atoms with Gasteiger partial charge in [0.15, 0.2) is 0 Å². The van der Waals surface area contributed by atoms with Crippen LogP contribution in [0.3, 0.4) is 0 Å². The summed E-state index contributed by atoms with van der Waals surface area (Å²) in [4.78, 5) is 25.3. The van der Waals surface area contributed by atoms with Crippen molar-refractivity contribution in [1.82, 2.24) is 20.2 Å². The molecule has 1 aromatic heterocycles. The first-order valence-electron chi connectivity index (χ1n) is 12.7. The van der Waals surface area contributed by atoms with Crippen LogP contribution in [0.1, 0.15) is 34.5 Å². The highest BCUT2D eigenvalue weighted by molar-refractivity contribution is 5.95.